The van der Waals surface area contributed by atoms with Crippen molar-refractivity contribution in [1.29, 1.82) is 0 Å². The van der Waals surface area contributed by atoms with Crippen LogP contribution in [0.15, 0.2) is 45.9 Å². The van der Waals surface area contributed by atoms with Gasteiger partial charge in [0.1, 0.15) is 22.9 Å². The van der Waals surface area contributed by atoms with Crippen LogP contribution in [0.3, 0.4) is 0 Å². The van der Waals surface area contributed by atoms with Crippen LogP contribution in [-0.4, -0.2) is 20.2 Å². The molecular weight excluding hydrogens is 435 g/mol. The minimum absolute atomic E-state index is 0.229. The van der Waals surface area contributed by atoms with Crippen LogP contribution in [0.1, 0.15) is 16.3 Å². The highest BCUT2D eigenvalue weighted by Gasteiger charge is 2.14. The lowest BCUT2D eigenvalue weighted by atomic mass is 10.2. The fourth-order valence-electron chi connectivity index (χ4n) is 2.65. The van der Waals surface area contributed by atoms with Crippen molar-refractivity contribution in [1.82, 2.24) is 20.2 Å². The van der Waals surface area contributed by atoms with Gasteiger partial charge in [-0.3, -0.25) is 4.98 Å². The molecule has 0 atom stereocenters. The lowest BCUT2D eigenvalue weighted by Gasteiger charge is -2.13. The fraction of sp³-hybridized carbons (Fsp3) is 0.158. The van der Waals surface area contributed by atoms with Gasteiger partial charge >= 0.3 is 0 Å². The number of benzene rings is 1. The standard InChI is InChI=1S/C19H14Cl2N4OS2/c1-10-6-17(28-19-25-24-11(2)27-19)12-4-3-5-16(18(12)23-10)26-9-13-14(20)7-22-8-15(13)21/h3-8H,9H2,1-2H3. The van der Waals surface area contributed by atoms with Crippen LogP contribution >= 0.6 is 46.3 Å². The summed E-state index contributed by atoms with van der Waals surface area (Å²) < 4.78 is 6.93. The summed E-state index contributed by atoms with van der Waals surface area (Å²) in [6.07, 6.45) is 3.10. The molecule has 142 valence electrons. The molecule has 4 rings (SSSR count). The molecule has 9 heteroatoms. The zero-order valence-electron chi connectivity index (χ0n) is 14.9. The molecule has 0 fully saturated rings. The van der Waals surface area contributed by atoms with Crippen LogP contribution in [0, 0.1) is 13.8 Å². The molecule has 0 spiro atoms. The van der Waals surface area contributed by atoms with Crippen molar-refractivity contribution in [2.45, 2.75) is 29.7 Å². The molecule has 1 aromatic carbocycles. The average Bonchev–Trinajstić information content (AvgIpc) is 3.06. The van der Waals surface area contributed by atoms with Crippen LogP contribution in [0.5, 0.6) is 5.75 Å². The first kappa shape index (κ1) is 19.4. The van der Waals surface area contributed by atoms with Crippen molar-refractivity contribution in [3.63, 3.8) is 0 Å². The van der Waals surface area contributed by atoms with Gasteiger partial charge in [0.25, 0.3) is 0 Å². The zero-order valence-corrected chi connectivity index (χ0v) is 18.1. The van der Waals surface area contributed by atoms with Gasteiger partial charge in [-0.05, 0) is 26.0 Å². The second kappa shape index (κ2) is 8.21. The summed E-state index contributed by atoms with van der Waals surface area (Å²) in [7, 11) is 0. The molecule has 4 aromatic rings. The van der Waals surface area contributed by atoms with Gasteiger partial charge in [0.05, 0.1) is 10.0 Å². The van der Waals surface area contributed by atoms with Crippen LogP contribution < -0.4 is 4.74 Å². The summed E-state index contributed by atoms with van der Waals surface area (Å²) in [5.74, 6) is 0.667. The van der Waals surface area contributed by atoms with Crippen LogP contribution in [0.4, 0.5) is 0 Å². The van der Waals surface area contributed by atoms with Crippen molar-refractivity contribution in [3.05, 3.63) is 63.0 Å². The summed E-state index contributed by atoms with van der Waals surface area (Å²) in [5.41, 5.74) is 2.38. The maximum absolute atomic E-state index is 6.20. The Bertz CT molecular complexity index is 1150. The third kappa shape index (κ3) is 4.07. The molecule has 0 aliphatic rings. The Hall–Kier alpha value is -1.93. The number of para-hydroxylation sites is 1. The highest BCUT2D eigenvalue weighted by atomic mass is 35.5. The largest absolute Gasteiger partial charge is 0.487 e. The van der Waals surface area contributed by atoms with Gasteiger partial charge < -0.3 is 4.74 Å². The molecule has 28 heavy (non-hydrogen) atoms. The smallest absolute Gasteiger partial charge is 0.179 e. The van der Waals surface area contributed by atoms with Crippen molar-refractivity contribution in [2.24, 2.45) is 0 Å². The molecular formula is C19H14Cl2N4OS2. The van der Waals surface area contributed by atoms with E-state index in [4.69, 9.17) is 32.9 Å². The molecule has 5 nitrogen and oxygen atoms in total. The van der Waals surface area contributed by atoms with Crippen molar-refractivity contribution in [2.75, 3.05) is 0 Å². The summed E-state index contributed by atoms with van der Waals surface area (Å²) in [6.45, 7) is 4.13. The van der Waals surface area contributed by atoms with E-state index in [1.54, 1.807) is 35.5 Å². The molecule has 3 heterocycles. The average molecular weight is 449 g/mol. The Morgan fingerprint density at radius 1 is 1.11 bits per heavy atom. The van der Waals surface area contributed by atoms with Gasteiger partial charge in [-0.25, -0.2) is 4.98 Å². The minimum Gasteiger partial charge on any atom is -0.487 e. The molecule has 3 aromatic heterocycles. The lowest BCUT2D eigenvalue weighted by molar-refractivity contribution is 0.309. The molecule has 0 aliphatic heterocycles. The first-order valence-electron chi connectivity index (χ1n) is 8.30. The third-order valence-electron chi connectivity index (χ3n) is 3.92. The Labute approximate surface area is 180 Å². The topological polar surface area (TPSA) is 60.8 Å². The van der Waals surface area contributed by atoms with Gasteiger partial charge in [0.2, 0.25) is 0 Å². The van der Waals surface area contributed by atoms with E-state index in [0.29, 0.717) is 21.4 Å². The monoisotopic (exact) mass is 448 g/mol. The summed E-state index contributed by atoms with van der Waals surface area (Å²) in [4.78, 5) is 9.72. The third-order valence-corrected chi connectivity index (χ3v) is 6.52. The fourth-order valence-corrected chi connectivity index (χ4v) is 5.11. The van der Waals surface area contributed by atoms with Crippen LogP contribution in [-0.2, 0) is 6.61 Å². The van der Waals surface area contributed by atoms with E-state index in [2.05, 4.69) is 15.2 Å². The number of pyridine rings is 2. The first-order chi connectivity index (χ1) is 13.5. The zero-order chi connectivity index (χ0) is 19.7. The second-order valence-corrected chi connectivity index (χ2v) is 9.26. The van der Waals surface area contributed by atoms with E-state index < -0.39 is 0 Å². The van der Waals surface area contributed by atoms with Crippen molar-refractivity contribution < 1.29 is 4.74 Å². The second-order valence-electron chi connectivity index (χ2n) is 5.97. The molecule has 0 unspecified atom stereocenters. The van der Waals surface area contributed by atoms with Crippen LogP contribution in [0.25, 0.3) is 10.9 Å². The van der Waals surface area contributed by atoms with Crippen molar-refractivity contribution in [3.8, 4) is 5.75 Å². The van der Waals surface area contributed by atoms with Gasteiger partial charge in [0, 0.05) is 33.9 Å². The maximum atomic E-state index is 6.20. The molecule has 0 radical (unpaired) electrons. The number of halogens is 2. The summed E-state index contributed by atoms with van der Waals surface area (Å²) in [6, 6.07) is 7.91. The number of aryl methyl sites for hydroxylation is 2. The summed E-state index contributed by atoms with van der Waals surface area (Å²) in [5, 5.41) is 11.2. The molecule has 0 N–H and O–H groups in total. The maximum Gasteiger partial charge on any atom is 0.179 e. The molecule has 0 bridgehead atoms. The Kier molecular flexibility index (Phi) is 5.68. The summed E-state index contributed by atoms with van der Waals surface area (Å²) >= 11 is 15.5. The van der Waals surface area contributed by atoms with E-state index in [-0.39, 0.29) is 6.61 Å². The Balaban J connectivity index is 1.70. The lowest BCUT2D eigenvalue weighted by Crippen LogP contribution is -2.00. The number of hydrogen-bond donors (Lipinski definition) is 0. The predicted molar refractivity (Wildman–Crippen MR) is 114 cm³/mol. The van der Waals surface area contributed by atoms with Crippen LogP contribution in [0.2, 0.25) is 10.0 Å². The molecule has 0 saturated carbocycles. The van der Waals surface area contributed by atoms with E-state index in [0.717, 1.165) is 30.8 Å². The number of nitrogens with zero attached hydrogens (tertiary/aromatic N) is 4. The number of hydrogen-bond acceptors (Lipinski definition) is 7. The SMILES string of the molecule is Cc1cc(Sc2nnc(C)s2)c2cccc(OCc3c(Cl)cncc3Cl)c2n1. The molecule has 0 aliphatic carbocycles. The highest BCUT2D eigenvalue weighted by Crippen LogP contribution is 2.37. The van der Waals surface area contributed by atoms with Crippen molar-refractivity contribution >= 4 is 57.2 Å². The van der Waals surface area contributed by atoms with Gasteiger partial charge in [-0.15, -0.1) is 10.2 Å². The van der Waals surface area contributed by atoms with Gasteiger partial charge in [-0.2, -0.15) is 0 Å². The quantitative estimate of drug-likeness (QED) is 0.365. The number of rotatable bonds is 5. The minimum atomic E-state index is 0.229. The Morgan fingerprint density at radius 2 is 1.89 bits per heavy atom. The van der Waals surface area contributed by atoms with Gasteiger partial charge in [0.15, 0.2) is 4.34 Å². The highest BCUT2D eigenvalue weighted by molar-refractivity contribution is 8.01. The number of fused-ring (bicyclic) bond motifs is 1. The normalized spacial score (nSPS) is 11.1. The predicted octanol–water partition coefficient (Wildman–Crippen LogP) is 6.14. The van der Waals surface area contributed by atoms with E-state index >= 15 is 0 Å². The first-order valence-corrected chi connectivity index (χ1v) is 10.7. The van der Waals surface area contributed by atoms with E-state index in [1.807, 2.05) is 38.1 Å². The van der Waals surface area contributed by atoms with E-state index in [9.17, 15) is 0 Å². The molecule has 0 amide bonds. The molecule has 0 saturated heterocycles. The number of ether oxygens (including phenoxy) is 1. The Morgan fingerprint density at radius 3 is 2.61 bits per heavy atom. The van der Waals surface area contributed by atoms with Gasteiger partial charge in [-0.1, -0.05) is 58.4 Å². The van der Waals surface area contributed by atoms with E-state index in [1.165, 1.54) is 0 Å². The number of aromatic nitrogens is 4.